The highest BCUT2D eigenvalue weighted by Crippen LogP contribution is 2.33. The van der Waals surface area contributed by atoms with E-state index < -0.39 is 0 Å². The van der Waals surface area contributed by atoms with Gasteiger partial charge in [-0.1, -0.05) is 66.4 Å². The van der Waals surface area contributed by atoms with Crippen LogP contribution in [0.4, 0.5) is 5.69 Å². The first-order valence-electron chi connectivity index (χ1n) is 12.3. The van der Waals surface area contributed by atoms with Crippen molar-refractivity contribution >= 4 is 57.3 Å². The fourth-order valence-electron chi connectivity index (χ4n) is 4.32. The molecule has 0 aliphatic carbocycles. The normalized spacial score (nSPS) is 11.4. The Morgan fingerprint density at radius 3 is 2.58 bits per heavy atom. The number of aromatic amines is 1. The van der Waals surface area contributed by atoms with Gasteiger partial charge in [0.2, 0.25) is 0 Å². The molecule has 0 radical (unpaired) electrons. The summed E-state index contributed by atoms with van der Waals surface area (Å²) < 4.78 is 0. The smallest absolute Gasteiger partial charge is 0.256 e. The van der Waals surface area contributed by atoms with Crippen LogP contribution in [0, 0.1) is 6.92 Å². The Labute approximate surface area is 224 Å². The van der Waals surface area contributed by atoms with Gasteiger partial charge < -0.3 is 5.32 Å². The molecule has 0 spiro atoms. The van der Waals surface area contributed by atoms with E-state index in [1.54, 1.807) is 11.8 Å². The van der Waals surface area contributed by atoms with E-state index in [9.17, 15) is 4.79 Å². The highest BCUT2D eigenvalue weighted by atomic mass is 32.2. The number of carbonyl (C=O) groups is 1. The van der Waals surface area contributed by atoms with Crippen molar-refractivity contribution in [2.45, 2.75) is 16.7 Å². The number of aryl methyl sites for hydroxylation is 1. The zero-order chi connectivity index (χ0) is 25.9. The van der Waals surface area contributed by atoms with Gasteiger partial charge >= 0.3 is 0 Å². The van der Waals surface area contributed by atoms with E-state index >= 15 is 0 Å². The molecule has 184 valence electrons. The Hall–Kier alpha value is -4.68. The summed E-state index contributed by atoms with van der Waals surface area (Å²) in [7, 11) is 0. The molecule has 0 saturated heterocycles. The minimum atomic E-state index is -0.151. The topological polar surface area (TPSA) is 70.7 Å². The van der Waals surface area contributed by atoms with Crippen molar-refractivity contribution in [3.8, 4) is 0 Å². The molecule has 6 heteroatoms. The van der Waals surface area contributed by atoms with E-state index in [2.05, 4.69) is 50.8 Å². The standard InChI is InChI=1S/C32H24N4OS/c1-21-11-13-23-19-24(14-18-28(23)33-21)34-32(37)27-9-5-6-10-31(27)38-25-15-16-26-29(35-36-30(26)20-25)17-12-22-7-3-2-4-8-22/h2-20H,1H3,(H,34,37)(H,35,36). The van der Waals surface area contributed by atoms with Crippen LogP contribution in [0.3, 0.4) is 0 Å². The molecule has 5 nitrogen and oxygen atoms in total. The predicted molar refractivity (Wildman–Crippen MR) is 156 cm³/mol. The van der Waals surface area contributed by atoms with Gasteiger partial charge in [0.1, 0.15) is 0 Å². The maximum Gasteiger partial charge on any atom is 0.256 e. The average molecular weight is 513 g/mol. The van der Waals surface area contributed by atoms with Gasteiger partial charge in [0.15, 0.2) is 0 Å². The second-order valence-electron chi connectivity index (χ2n) is 8.97. The summed E-state index contributed by atoms with van der Waals surface area (Å²) in [5.74, 6) is -0.151. The maximum atomic E-state index is 13.3. The Morgan fingerprint density at radius 2 is 1.68 bits per heavy atom. The van der Waals surface area contributed by atoms with Gasteiger partial charge in [-0.3, -0.25) is 14.9 Å². The highest BCUT2D eigenvalue weighted by Gasteiger charge is 2.14. The number of fused-ring (bicyclic) bond motifs is 2. The molecule has 1 amide bonds. The van der Waals surface area contributed by atoms with Gasteiger partial charge in [-0.2, -0.15) is 5.10 Å². The first-order chi connectivity index (χ1) is 18.6. The van der Waals surface area contributed by atoms with Crippen LogP contribution in [0.15, 0.2) is 113 Å². The maximum absolute atomic E-state index is 13.3. The number of nitrogens with zero attached hydrogens (tertiary/aromatic N) is 2. The Kier molecular flexibility index (Phi) is 6.46. The van der Waals surface area contributed by atoms with Gasteiger partial charge in [-0.15, -0.1) is 0 Å². The third kappa shape index (κ3) is 5.08. The molecule has 2 N–H and O–H groups in total. The quantitative estimate of drug-likeness (QED) is 0.237. The van der Waals surface area contributed by atoms with E-state index in [1.165, 1.54) is 0 Å². The third-order valence-electron chi connectivity index (χ3n) is 6.24. The lowest BCUT2D eigenvalue weighted by Gasteiger charge is -2.11. The SMILES string of the molecule is Cc1ccc2cc(NC(=O)c3ccccc3Sc3ccc4c(C=Cc5ccccc5)[nH]nc4c3)ccc2n1. The number of rotatable bonds is 6. The number of benzene rings is 4. The van der Waals surface area contributed by atoms with Gasteiger partial charge in [-0.05, 0) is 73.2 Å². The number of pyridine rings is 1. The van der Waals surface area contributed by atoms with Crippen molar-refractivity contribution in [2.24, 2.45) is 0 Å². The zero-order valence-corrected chi connectivity index (χ0v) is 21.5. The second-order valence-corrected chi connectivity index (χ2v) is 10.1. The largest absolute Gasteiger partial charge is 0.322 e. The summed E-state index contributed by atoms with van der Waals surface area (Å²) in [6.07, 6.45) is 4.11. The fourth-order valence-corrected chi connectivity index (χ4v) is 5.30. The van der Waals surface area contributed by atoms with Crippen molar-refractivity contribution in [3.05, 3.63) is 126 Å². The van der Waals surface area contributed by atoms with Crippen LogP contribution < -0.4 is 5.32 Å². The summed E-state index contributed by atoms with van der Waals surface area (Å²) in [5.41, 5.74) is 6.20. The van der Waals surface area contributed by atoms with Crippen LogP contribution in [0.2, 0.25) is 0 Å². The van der Waals surface area contributed by atoms with Gasteiger partial charge in [0.25, 0.3) is 5.91 Å². The molecule has 0 fully saturated rings. The molecule has 2 aromatic heterocycles. The van der Waals surface area contributed by atoms with Gasteiger partial charge in [0.05, 0.1) is 22.3 Å². The Balaban J connectivity index is 1.22. The molecule has 0 bridgehead atoms. The molecular weight excluding hydrogens is 488 g/mol. The van der Waals surface area contributed by atoms with Crippen LogP contribution >= 0.6 is 11.8 Å². The first kappa shape index (κ1) is 23.7. The molecule has 0 saturated carbocycles. The van der Waals surface area contributed by atoms with E-state index in [-0.39, 0.29) is 5.91 Å². The summed E-state index contributed by atoms with van der Waals surface area (Å²) in [6, 6.07) is 33.8. The number of H-pyrrole nitrogens is 1. The molecule has 2 heterocycles. The molecule has 0 unspecified atom stereocenters. The molecule has 6 rings (SSSR count). The lowest BCUT2D eigenvalue weighted by Crippen LogP contribution is -2.12. The molecular formula is C32H24N4OS. The van der Waals surface area contributed by atoms with Gasteiger partial charge in [-0.25, -0.2) is 0 Å². The van der Waals surface area contributed by atoms with Crippen molar-refractivity contribution in [1.29, 1.82) is 0 Å². The average Bonchev–Trinajstić information content (AvgIpc) is 3.35. The number of carbonyl (C=O) groups excluding carboxylic acids is 1. The molecule has 0 aliphatic heterocycles. The van der Waals surface area contributed by atoms with Crippen molar-refractivity contribution in [3.63, 3.8) is 0 Å². The van der Waals surface area contributed by atoms with Crippen molar-refractivity contribution in [1.82, 2.24) is 15.2 Å². The van der Waals surface area contributed by atoms with E-state index in [0.29, 0.717) is 5.56 Å². The van der Waals surface area contributed by atoms with Crippen LogP contribution in [-0.2, 0) is 0 Å². The lowest BCUT2D eigenvalue weighted by atomic mass is 10.1. The van der Waals surface area contributed by atoms with Crippen LogP contribution in [0.1, 0.15) is 27.3 Å². The third-order valence-corrected chi connectivity index (χ3v) is 7.31. The number of nitrogens with one attached hydrogen (secondary N) is 2. The number of anilines is 1. The monoisotopic (exact) mass is 512 g/mol. The minimum Gasteiger partial charge on any atom is -0.322 e. The Morgan fingerprint density at radius 1 is 0.842 bits per heavy atom. The molecule has 0 aliphatic rings. The molecule has 0 atom stereocenters. The number of hydrogen-bond donors (Lipinski definition) is 2. The lowest BCUT2D eigenvalue weighted by molar-refractivity contribution is 0.102. The molecule has 6 aromatic rings. The van der Waals surface area contributed by atoms with Crippen LogP contribution in [0.5, 0.6) is 0 Å². The number of amides is 1. The minimum absolute atomic E-state index is 0.151. The molecule has 4 aromatic carbocycles. The van der Waals surface area contributed by atoms with Crippen molar-refractivity contribution < 1.29 is 4.79 Å². The highest BCUT2D eigenvalue weighted by molar-refractivity contribution is 7.99. The van der Waals surface area contributed by atoms with Crippen LogP contribution in [0.25, 0.3) is 34.0 Å². The van der Waals surface area contributed by atoms with Crippen LogP contribution in [-0.4, -0.2) is 21.1 Å². The summed E-state index contributed by atoms with van der Waals surface area (Å²) >= 11 is 1.55. The summed E-state index contributed by atoms with van der Waals surface area (Å²) in [4.78, 5) is 19.7. The predicted octanol–water partition coefficient (Wildman–Crippen LogP) is 7.99. The number of hydrogen-bond acceptors (Lipinski definition) is 4. The summed E-state index contributed by atoms with van der Waals surface area (Å²) in [5, 5.41) is 12.7. The van der Waals surface area contributed by atoms with Crippen molar-refractivity contribution in [2.75, 3.05) is 5.32 Å². The zero-order valence-electron chi connectivity index (χ0n) is 20.7. The van der Waals surface area contributed by atoms with Gasteiger partial charge in [0, 0.05) is 31.9 Å². The van der Waals surface area contributed by atoms with E-state index in [4.69, 9.17) is 0 Å². The van der Waals surface area contributed by atoms with E-state index in [1.807, 2.05) is 91.9 Å². The fraction of sp³-hybridized carbons (Fsp3) is 0.0312. The second kappa shape index (κ2) is 10.4. The van der Waals surface area contributed by atoms with E-state index in [0.717, 1.165) is 54.2 Å². The Bertz CT molecular complexity index is 1810. The first-order valence-corrected chi connectivity index (χ1v) is 13.1. The molecule has 38 heavy (non-hydrogen) atoms. The summed E-state index contributed by atoms with van der Waals surface area (Å²) in [6.45, 7) is 1.97. The number of aromatic nitrogens is 3.